The van der Waals surface area contributed by atoms with Crippen LogP contribution in [0.1, 0.15) is 52.0 Å². The van der Waals surface area contributed by atoms with Crippen molar-refractivity contribution >= 4 is 16.0 Å². The van der Waals surface area contributed by atoms with E-state index in [2.05, 4.69) is 41.1 Å². The molecule has 1 fully saturated rings. The highest BCUT2D eigenvalue weighted by atomic mass is 32.2. The Morgan fingerprint density at radius 3 is 2.52 bits per heavy atom. The van der Waals surface area contributed by atoms with Crippen LogP contribution in [0.25, 0.3) is 0 Å². The summed E-state index contributed by atoms with van der Waals surface area (Å²) in [5.41, 5.74) is 0.987. The van der Waals surface area contributed by atoms with E-state index in [-0.39, 0.29) is 11.0 Å². The number of guanidine groups is 1. The molecule has 2 atom stereocenters. The van der Waals surface area contributed by atoms with Crippen LogP contribution in [0.15, 0.2) is 34.2 Å². The monoisotopic (exact) mass is 424 g/mol. The molecule has 2 rings (SSSR count). The molecule has 0 aliphatic carbocycles. The molecule has 8 heteroatoms. The van der Waals surface area contributed by atoms with Crippen LogP contribution in [-0.2, 0) is 21.3 Å². The summed E-state index contributed by atoms with van der Waals surface area (Å²) < 4.78 is 33.0. The SMILES string of the molecule is CN=C(NCc1ccc(S(=O)(=O)NCC2CCCO2)cc1)NC(C)CCC(C)C. The van der Waals surface area contributed by atoms with Gasteiger partial charge in [-0.25, -0.2) is 13.1 Å². The molecule has 164 valence electrons. The number of hydrogen-bond acceptors (Lipinski definition) is 4. The lowest BCUT2D eigenvalue weighted by Crippen LogP contribution is -2.41. The van der Waals surface area contributed by atoms with Crippen LogP contribution in [0, 0.1) is 5.92 Å². The van der Waals surface area contributed by atoms with Gasteiger partial charge in [0.15, 0.2) is 5.96 Å². The number of nitrogens with one attached hydrogen (secondary N) is 3. The molecule has 1 aromatic rings. The second-order valence-electron chi connectivity index (χ2n) is 8.07. The number of ether oxygens (including phenoxy) is 1. The summed E-state index contributed by atoms with van der Waals surface area (Å²) in [6.45, 7) is 8.20. The molecular weight excluding hydrogens is 388 g/mol. The maximum atomic E-state index is 12.4. The van der Waals surface area contributed by atoms with Crippen molar-refractivity contribution in [1.29, 1.82) is 0 Å². The van der Waals surface area contributed by atoms with Crippen molar-refractivity contribution < 1.29 is 13.2 Å². The van der Waals surface area contributed by atoms with E-state index in [1.807, 2.05) is 12.1 Å². The second kappa shape index (κ2) is 11.5. The first-order valence-electron chi connectivity index (χ1n) is 10.5. The Morgan fingerprint density at radius 2 is 1.93 bits per heavy atom. The van der Waals surface area contributed by atoms with Crippen LogP contribution in [0.3, 0.4) is 0 Å². The molecule has 3 N–H and O–H groups in total. The second-order valence-corrected chi connectivity index (χ2v) is 9.84. The van der Waals surface area contributed by atoms with Crippen molar-refractivity contribution in [3.05, 3.63) is 29.8 Å². The number of sulfonamides is 1. The topological polar surface area (TPSA) is 91.8 Å². The van der Waals surface area contributed by atoms with Gasteiger partial charge in [0.2, 0.25) is 10.0 Å². The molecule has 1 aliphatic rings. The highest BCUT2D eigenvalue weighted by molar-refractivity contribution is 7.89. The molecule has 0 aromatic heterocycles. The molecule has 1 saturated heterocycles. The largest absolute Gasteiger partial charge is 0.377 e. The highest BCUT2D eigenvalue weighted by Gasteiger charge is 2.20. The first-order chi connectivity index (χ1) is 13.8. The summed E-state index contributed by atoms with van der Waals surface area (Å²) in [4.78, 5) is 4.53. The maximum absolute atomic E-state index is 12.4. The van der Waals surface area contributed by atoms with Crippen LogP contribution < -0.4 is 15.4 Å². The Morgan fingerprint density at radius 1 is 1.21 bits per heavy atom. The van der Waals surface area contributed by atoms with E-state index in [1.165, 1.54) is 6.42 Å². The highest BCUT2D eigenvalue weighted by Crippen LogP contribution is 2.14. The van der Waals surface area contributed by atoms with Crippen LogP contribution in [0.5, 0.6) is 0 Å². The van der Waals surface area contributed by atoms with Gasteiger partial charge in [-0.3, -0.25) is 4.99 Å². The number of nitrogens with zero attached hydrogens (tertiary/aromatic N) is 1. The maximum Gasteiger partial charge on any atom is 0.240 e. The molecule has 0 bridgehead atoms. The van der Waals surface area contributed by atoms with E-state index in [1.54, 1.807) is 19.2 Å². The third-order valence-electron chi connectivity index (χ3n) is 5.00. The van der Waals surface area contributed by atoms with Crippen molar-refractivity contribution in [3.63, 3.8) is 0 Å². The Labute approximate surface area is 175 Å². The van der Waals surface area contributed by atoms with Gasteiger partial charge in [-0.15, -0.1) is 0 Å². The molecule has 1 aliphatic heterocycles. The summed E-state index contributed by atoms with van der Waals surface area (Å²) in [5, 5.41) is 6.67. The Bertz CT molecular complexity index is 742. The van der Waals surface area contributed by atoms with Crippen molar-refractivity contribution in [2.24, 2.45) is 10.9 Å². The quantitative estimate of drug-likeness (QED) is 0.397. The molecule has 2 unspecified atom stereocenters. The first-order valence-corrected chi connectivity index (χ1v) is 12.0. The fourth-order valence-corrected chi connectivity index (χ4v) is 4.21. The van der Waals surface area contributed by atoms with E-state index >= 15 is 0 Å². The summed E-state index contributed by atoms with van der Waals surface area (Å²) >= 11 is 0. The van der Waals surface area contributed by atoms with Crippen molar-refractivity contribution in [1.82, 2.24) is 15.4 Å². The minimum absolute atomic E-state index is 0.0181. The first kappa shape index (κ1) is 23.6. The standard InChI is InChI=1S/C21H36N4O3S/c1-16(2)7-8-17(3)25-21(22-4)23-14-18-9-11-20(12-10-18)29(26,27)24-15-19-6-5-13-28-19/h9-12,16-17,19,24H,5-8,13-15H2,1-4H3,(H2,22,23,25). The van der Waals surface area contributed by atoms with Gasteiger partial charge in [0.05, 0.1) is 11.0 Å². The fourth-order valence-electron chi connectivity index (χ4n) is 3.15. The molecule has 1 aromatic carbocycles. The lowest BCUT2D eigenvalue weighted by atomic mass is 10.0. The molecule has 0 saturated carbocycles. The average molecular weight is 425 g/mol. The van der Waals surface area contributed by atoms with Gasteiger partial charge in [-0.05, 0) is 56.2 Å². The van der Waals surface area contributed by atoms with Crippen LogP contribution in [-0.4, -0.2) is 46.7 Å². The molecule has 0 radical (unpaired) electrons. The van der Waals surface area contributed by atoms with E-state index < -0.39 is 10.0 Å². The van der Waals surface area contributed by atoms with Crippen molar-refractivity contribution in [2.75, 3.05) is 20.2 Å². The van der Waals surface area contributed by atoms with Crippen LogP contribution >= 0.6 is 0 Å². The molecule has 7 nitrogen and oxygen atoms in total. The summed E-state index contributed by atoms with van der Waals surface area (Å²) in [6.07, 6.45) is 4.13. The van der Waals surface area contributed by atoms with Crippen LogP contribution in [0.2, 0.25) is 0 Å². The molecular formula is C21H36N4O3S. The molecule has 0 amide bonds. The zero-order valence-electron chi connectivity index (χ0n) is 18.1. The normalized spacial score (nSPS) is 18.8. The predicted octanol–water partition coefficient (Wildman–Crippen LogP) is 2.63. The lowest BCUT2D eigenvalue weighted by Gasteiger charge is -2.19. The van der Waals surface area contributed by atoms with E-state index in [0.29, 0.717) is 31.7 Å². The zero-order valence-corrected chi connectivity index (χ0v) is 18.9. The predicted molar refractivity (Wildman–Crippen MR) is 117 cm³/mol. The number of hydrogen-bond donors (Lipinski definition) is 3. The van der Waals surface area contributed by atoms with E-state index in [4.69, 9.17) is 4.74 Å². The minimum Gasteiger partial charge on any atom is -0.377 e. The average Bonchev–Trinajstić information content (AvgIpc) is 3.22. The van der Waals surface area contributed by atoms with Gasteiger partial charge in [0.1, 0.15) is 0 Å². The van der Waals surface area contributed by atoms with Gasteiger partial charge in [0.25, 0.3) is 0 Å². The van der Waals surface area contributed by atoms with Gasteiger partial charge in [-0.2, -0.15) is 0 Å². The zero-order chi connectivity index (χ0) is 21.3. The number of rotatable bonds is 10. The van der Waals surface area contributed by atoms with E-state index in [9.17, 15) is 8.42 Å². The van der Waals surface area contributed by atoms with E-state index in [0.717, 1.165) is 30.8 Å². The minimum atomic E-state index is -3.52. The smallest absolute Gasteiger partial charge is 0.240 e. The third kappa shape index (κ3) is 8.32. The number of benzene rings is 1. The fraction of sp³-hybridized carbons (Fsp3) is 0.667. The summed E-state index contributed by atoms with van der Waals surface area (Å²) in [6, 6.07) is 7.25. The van der Waals surface area contributed by atoms with Crippen molar-refractivity contribution in [2.45, 2.75) is 70.0 Å². The summed E-state index contributed by atoms with van der Waals surface area (Å²) in [5.74, 6) is 1.43. The molecule has 0 spiro atoms. The third-order valence-corrected chi connectivity index (χ3v) is 6.44. The molecule has 29 heavy (non-hydrogen) atoms. The van der Waals surface area contributed by atoms with Gasteiger partial charge in [0, 0.05) is 32.8 Å². The van der Waals surface area contributed by atoms with Gasteiger partial charge < -0.3 is 15.4 Å². The Balaban J connectivity index is 1.82. The van der Waals surface area contributed by atoms with Crippen molar-refractivity contribution in [3.8, 4) is 0 Å². The van der Waals surface area contributed by atoms with Gasteiger partial charge in [-0.1, -0.05) is 26.0 Å². The lowest BCUT2D eigenvalue weighted by molar-refractivity contribution is 0.114. The van der Waals surface area contributed by atoms with Crippen LogP contribution in [0.4, 0.5) is 0 Å². The van der Waals surface area contributed by atoms with Gasteiger partial charge >= 0.3 is 0 Å². The Hall–Kier alpha value is -1.64. The number of aliphatic imine (C=N–C) groups is 1. The Kier molecular flexibility index (Phi) is 9.39. The molecule has 1 heterocycles. The summed E-state index contributed by atoms with van der Waals surface area (Å²) in [7, 11) is -1.77.